The van der Waals surface area contributed by atoms with E-state index in [9.17, 15) is 14.4 Å². The number of nitrogens with one attached hydrogen (secondary N) is 1. The van der Waals surface area contributed by atoms with E-state index in [4.69, 9.17) is 9.47 Å². The summed E-state index contributed by atoms with van der Waals surface area (Å²) in [6.45, 7) is -0.351. The fraction of sp³-hybridized carbons (Fsp3) is 0.238. The molecule has 0 fully saturated rings. The molecule has 0 saturated heterocycles. The van der Waals surface area contributed by atoms with Gasteiger partial charge in [0.2, 0.25) is 5.91 Å². The van der Waals surface area contributed by atoms with Crippen molar-refractivity contribution < 1.29 is 19.1 Å². The molecule has 0 aliphatic carbocycles. The van der Waals surface area contributed by atoms with Crippen LogP contribution in [0, 0.1) is 0 Å². The number of methoxy groups -OCH3 is 1. The second-order valence-corrected chi connectivity index (χ2v) is 7.94. The average molecular weight is 468 g/mol. The number of hydrogen-bond acceptors (Lipinski definition) is 9. The predicted molar refractivity (Wildman–Crippen MR) is 120 cm³/mol. The molecule has 0 aliphatic rings. The number of hydrogen-bond donors (Lipinski definition) is 1. The zero-order valence-corrected chi connectivity index (χ0v) is 18.7. The normalized spacial score (nSPS) is 10.8. The highest BCUT2D eigenvalue weighted by molar-refractivity contribution is 7.09. The van der Waals surface area contributed by atoms with Gasteiger partial charge in [-0.3, -0.25) is 23.6 Å². The van der Waals surface area contributed by atoms with Crippen molar-refractivity contribution in [3.8, 4) is 5.75 Å². The maximum absolute atomic E-state index is 12.4. The van der Waals surface area contributed by atoms with Gasteiger partial charge >= 0.3 is 5.97 Å². The Bertz CT molecular complexity index is 1370. The number of thiazole rings is 1. The molecule has 0 aliphatic heterocycles. The van der Waals surface area contributed by atoms with Crippen LogP contribution in [0.15, 0.2) is 47.0 Å². The number of ether oxygens (including phenoxy) is 2. The van der Waals surface area contributed by atoms with Crippen molar-refractivity contribution in [1.82, 2.24) is 24.3 Å². The number of carbonyl (C=O) groups is 2. The Balaban J connectivity index is 1.31. The molecular weight excluding hydrogens is 448 g/mol. The summed E-state index contributed by atoms with van der Waals surface area (Å²) >= 11 is 1.29. The lowest BCUT2D eigenvalue weighted by atomic mass is 10.3. The van der Waals surface area contributed by atoms with Crippen LogP contribution in [0.4, 0.5) is 5.69 Å². The number of aromatic nitrogens is 5. The maximum atomic E-state index is 12.4. The third-order valence-corrected chi connectivity index (χ3v) is 5.59. The largest absolute Gasteiger partial charge is 0.495 e. The fourth-order valence-corrected chi connectivity index (χ4v) is 3.87. The quantitative estimate of drug-likeness (QED) is 0.385. The number of aryl methyl sites for hydroxylation is 1. The van der Waals surface area contributed by atoms with E-state index in [0.29, 0.717) is 33.2 Å². The summed E-state index contributed by atoms with van der Waals surface area (Å²) in [6.07, 6.45) is 2.77. The van der Waals surface area contributed by atoms with Crippen molar-refractivity contribution in [3.05, 3.63) is 63.2 Å². The Morgan fingerprint density at radius 2 is 2.06 bits per heavy atom. The molecule has 0 atom stereocenters. The molecule has 0 spiro atoms. The van der Waals surface area contributed by atoms with E-state index in [1.54, 1.807) is 30.6 Å². The van der Waals surface area contributed by atoms with Gasteiger partial charge < -0.3 is 14.8 Å². The molecule has 3 aromatic heterocycles. The van der Waals surface area contributed by atoms with Gasteiger partial charge in [0.1, 0.15) is 35.6 Å². The molecule has 4 rings (SSSR count). The smallest absolute Gasteiger partial charge is 0.326 e. The number of carbonyl (C=O) groups excluding carboxylic acids is 2. The summed E-state index contributed by atoms with van der Waals surface area (Å²) in [6, 6.07) is 7.11. The summed E-state index contributed by atoms with van der Waals surface area (Å²) in [7, 11) is 3.21. The second kappa shape index (κ2) is 9.61. The van der Waals surface area contributed by atoms with Crippen LogP contribution >= 0.6 is 11.3 Å². The van der Waals surface area contributed by atoms with E-state index in [0.717, 1.165) is 0 Å². The summed E-state index contributed by atoms with van der Waals surface area (Å²) < 4.78 is 13.1. The number of amides is 1. The van der Waals surface area contributed by atoms with Crippen molar-refractivity contribution in [1.29, 1.82) is 0 Å². The summed E-state index contributed by atoms with van der Waals surface area (Å²) in [4.78, 5) is 45.4. The topological polar surface area (TPSA) is 130 Å². The van der Waals surface area contributed by atoms with Crippen LogP contribution in [0.5, 0.6) is 5.75 Å². The lowest BCUT2D eigenvalue weighted by Crippen LogP contribution is -2.25. The molecule has 11 nitrogen and oxygen atoms in total. The van der Waals surface area contributed by atoms with Gasteiger partial charge in [-0.05, 0) is 12.1 Å². The lowest BCUT2D eigenvalue weighted by molar-refractivity contribution is -0.145. The molecule has 1 amide bonds. The Morgan fingerprint density at radius 3 is 2.88 bits per heavy atom. The molecule has 4 aromatic rings. The number of anilines is 1. The molecule has 0 bridgehead atoms. The van der Waals surface area contributed by atoms with E-state index in [1.165, 1.54) is 40.2 Å². The van der Waals surface area contributed by atoms with Crippen molar-refractivity contribution in [3.63, 3.8) is 0 Å². The van der Waals surface area contributed by atoms with Gasteiger partial charge in [0.25, 0.3) is 5.56 Å². The maximum Gasteiger partial charge on any atom is 0.326 e. The molecule has 0 unspecified atom stereocenters. The van der Waals surface area contributed by atoms with Crippen LogP contribution in [0.2, 0.25) is 0 Å². The Kier molecular flexibility index (Phi) is 6.45. The van der Waals surface area contributed by atoms with Crippen molar-refractivity contribution in [2.45, 2.75) is 19.6 Å². The molecule has 1 N–H and O–H groups in total. The Hall–Kier alpha value is -4.06. The van der Waals surface area contributed by atoms with Crippen LogP contribution in [-0.4, -0.2) is 43.3 Å². The summed E-state index contributed by atoms with van der Waals surface area (Å²) in [5.74, 6) is -0.282. The Labute approximate surface area is 191 Å². The number of benzene rings is 1. The predicted octanol–water partition coefficient (Wildman–Crippen LogP) is 1.52. The minimum absolute atomic E-state index is 0.0687. The van der Waals surface area contributed by atoms with Crippen LogP contribution < -0.4 is 15.6 Å². The van der Waals surface area contributed by atoms with E-state index in [1.807, 2.05) is 6.07 Å². The summed E-state index contributed by atoms with van der Waals surface area (Å²) in [5, 5.41) is 9.40. The van der Waals surface area contributed by atoms with Crippen molar-refractivity contribution >= 4 is 39.9 Å². The van der Waals surface area contributed by atoms with Crippen molar-refractivity contribution in [2.75, 3.05) is 12.4 Å². The van der Waals surface area contributed by atoms with Gasteiger partial charge in [0.05, 0.1) is 31.1 Å². The Morgan fingerprint density at radius 1 is 1.24 bits per heavy atom. The van der Waals surface area contributed by atoms with Gasteiger partial charge in [0, 0.05) is 12.4 Å². The standard InChI is InChI=1S/C21H20N6O5S/c1-26-20-14(8-23-26)21(30)27(12-22-20)9-19(29)32-10-13-11-33-18(24-13)7-17(28)25-15-5-3-4-6-16(15)31-2/h3-6,8,11-12H,7,9-10H2,1-2H3,(H,25,28). The zero-order valence-electron chi connectivity index (χ0n) is 17.8. The molecule has 0 saturated carbocycles. The zero-order chi connectivity index (χ0) is 23.4. The first-order valence-electron chi connectivity index (χ1n) is 9.83. The van der Waals surface area contributed by atoms with Crippen LogP contribution in [-0.2, 0) is 40.9 Å². The van der Waals surface area contributed by atoms with Gasteiger partial charge in [0.15, 0.2) is 5.65 Å². The molecule has 0 radical (unpaired) electrons. The van der Waals surface area contributed by atoms with Gasteiger partial charge in [-0.2, -0.15) is 5.10 Å². The van der Waals surface area contributed by atoms with Gasteiger partial charge in [-0.15, -0.1) is 11.3 Å². The number of para-hydroxylation sites is 2. The van der Waals surface area contributed by atoms with E-state index in [-0.39, 0.29) is 31.0 Å². The van der Waals surface area contributed by atoms with Crippen molar-refractivity contribution in [2.24, 2.45) is 7.05 Å². The third kappa shape index (κ3) is 5.06. The number of fused-ring (bicyclic) bond motifs is 1. The van der Waals surface area contributed by atoms with Crippen LogP contribution in [0.3, 0.4) is 0 Å². The monoisotopic (exact) mass is 468 g/mol. The third-order valence-electron chi connectivity index (χ3n) is 4.69. The SMILES string of the molecule is COc1ccccc1NC(=O)Cc1nc(COC(=O)Cn2cnc3c(cnn3C)c2=O)cs1. The van der Waals surface area contributed by atoms with E-state index >= 15 is 0 Å². The first kappa shape index (κ1) is 22.1. The summed E-state index contributed by atoms with van der Waals surface area (Å²) in [5.41, 5.74) is 1.16. The highest BCUT2D eigenvalue weighted by atomic mass is 32.1. The van der Waals surface area contributed by atoms with E-state index < -0.39 is 5.97 Å². The fourth-order valence-electron chi connectivity index (χ4n) is 3.09. The molecular formula is C21H20N6O5S. The van der Waals surface area contributed by atoms with Crippen LogP contribution in [0.1, 0.15) is 10.7 Å². The lowest BCUT2D eigenvalue weighted by Gasteiger charge is -2.08. The number of esters is 1. The highest BCUT2D eigenvalue weighted by Crippen LogP contribution is 2.23. The van der Waals surface area contributed by atoms with Crippen LogP contribution in [0.25, 0.3) is 11.0 Å². The number of nitrogens with zero attached hydrogens (tertiary/aromatic N) is 5. The second-order valence-electron chi connectivity index (χ2n) is 7.00. The minimum atomic E-state index is -0.606. The molecule has 1 aromatic carbocycles. The number of rotatable bonds is 8. The first-order valence-corrected chi connectivity index (χ1v) is 10.7. The van der Waals surface area contributed by atoms with Gasteiger partial charge in [-0.25, -0.2) is 9.97 Å². The molecule has 170 valence electrons. The first-order chi connectivity index (χ1) is 15.9. The van der Waals surface area contributed by atoms with Gasteiger partial charge in [-0.1, -0.05) is 12.1 Å². The molecule has 12 heteroatoms. The highest BCUT2D eigenvalue weighted by Gasteiger charge is 2.14. The molecule has 3 heterocycles. The minimum Gasteiger partial charge on any atom is -0.495 e. The molecule has 33 heavy (non-hydrogen) atoms. The van der Waals surface area contributed by atoms with E-state index in [2.05, 4.69) is 20.4 Å². The average Bonchev–Trinajstić information content (AvgIpc) is 3.41.